The van der Waals surface area contributed by atoms with E-state index in [2.05, 4.69) is 21.2 Å². The summed E-state index contributed by atoms with van der Waals surface area (Å²) >= 11 is 3.32. The van der Waals surface area contributed by atoms with E-state index in [1.807, 2.05) is 6.07 Å². The topological polar surface area (TPSA) is 21.3 Å². The van der Waals surface area contributed by atoms with E-state index in [0.717, 1.165) is 18.5 Å². The molecule has 1 N–H and O–H groups in total. The molecule has 1 fully saturated rings. The summed E-state index contributed by atoms with van der Waals surface area (Å²) in [6, 6.07) is 3.98. The molecule has 1 atom stereocenters. The van der Waals surface area contributed by atoms with Crippen molar-refractivity contribution in [3.63, 3.8) is 0 Å². The molecule has 0 bridgehead atoms. The van der Waals surface area contributed by atoms with Crippen LogP contribution in [0.1, 0.15) is 18.4 Å². The van der Waals surface area contributed by atoms with Gasteiger partial charge in [0.1, 0.15) is 0 Å². The van der Waals surface area contributed by atoms with Crippen LogP contribution in [0.2, 0.25) is 0 Å². The molecule has 88 valence electrons. The SMILES string of the molecule is COc1c(F)cc(CC2CCCN2)cc1Br. The van der Waals surface area contributed by atoms with Crippen molar-refractivity contribution in [1.82, 2.24) is 5.32 Å². The minimum absolute atomic E-state index is 0.281. The first-order chi connectivity index (χ1) is 7.70. The third-order valence-corrected chi connectivity index (χ3v) is 3.50. The van der Waals surface area contributed by atoms with Crippen LogP contribution in [0.15, 0.2) is 16.6 Å². The normalized spacial score (nSPS) is 20.1. The summed E-state index contributed by atoms with van der Waals surface area (Å²) < 4.78 is 19.3. The zero-order chi connectivity index (χ0) is 11.5. The van der Waals surface area contributed by atoms with E-state index in [4.69, 9.17) is 4.74 Å². The van der Waals surface area contributed by atoms with Gasteiger partial charge in [-0.2, -0.15) is 0 Å². The molecule has 1 aliphatic heterocycles. The number of nitrogens with one attached hydrogen (secondary N) is 1. The standard InChI is InChI=1S/C12H15BrFNO/c1-16-12-10(13)6-8(7-11(12)14)5-9-3-2-4-15-9/h6-7,9,15H,2-5H2,1H3. The van der Waals surface area contributed by atoms with Crippen molar-refractivity contribution in [2.75, 3.05) is 13.7 Å². The molecule has 0 amide bonds. The first kappa shape index (κ1) is 11.9. The molecular weight excluding hydrogens is 273 g/mol. The van der Waals surface area contributed by atoms with Gasteiger partial charge in [-0.15, -0.1) is 0 Å². The van der Waals surface area contributed by atoms with Crippen LogP contribution >= 0.6 is 15.9 Å². The Morgan fingerprint density at radius 1 is 1.56 bits per heavy atom. The largest absolute Gasteiger partial charge is 0.492 e. The number of halogens is 2. The van der Waals surface area contributed by atoms with Gasteiger partial charge in [-0.25, -0.2) is 4.39 Å². The highest BCUT2D eigenvalue weighted by molar-refractivity contribution is 9.10. The minimum Gasteiger partial charge on any atom is -0.492 e. The summed E-state index contributed by atoms with van der Waals surface area (Å²) in [5.41, 5.74) is 1.00. The van der Waals surface area contributed by atoms with Gasteiger partial charge in [0.25, 0.3) is 0 Å². The van der Waals surface area contributed by atoms with Crippen molar-refractivity contribution in [2.45, 2.75) is 25.3 Å². The fraction of sp³-hybridized carbons (Fsp3) is 0.500. The molecule has 1 heterocycles. The van der Waals surface area contributed by atoms with Gasteiger partial charge >= 0.3 is 0 Å². The van der Waals surface area contributed by atoms with Crippen LogP contribution in [0.4, 0.5) is 4.39 Å². The Labute approximate surface area is 103 Å². The van der Waals surface area contributed by atoms with Crippen LogP contribution in [0.3, 0.4) is 0 Å². The Kier molecular flexibility index (Phi) is 3.82. The van der Waals surface area contributed by atoms with Gasteiger partial charge in [0.05, 0.1) is 11.6 Å². The fourth-order valence-electron chi connectivity index (χ4n) is 2.14. The number of hydrogen-bond acceptors (Lipinski definition) is 2. The number of benzene rings is 1. The number of hydrogen-bond donors (Lipinski definition) is 1. The maximum atomic E-state index is 13.6. The van der Waals surface area contributed by atoms with E-state index in [9.17, 15) is 4.39 Å². The Morgan fingerprint density at radius 2 is 2.38 bits per heavy atom. The second-order valence-electron chi connectivity index (χ2n) is 4.09. The molecule has 2 rings (SSSR count). The van der Waals surface area contributed by atoms with Crippen LogP contribution in [0.25, 0.3) is 0 Å². The third kappa shape index (κ3) is 2.55. The Balaban J connectivity index is 2.15. The highest BCUT2D eigenvalue weighted by atomic mass is 79.9. The quantitative estimate of drug-likeness (QED) is 0.923. The van der Waals surface area contributed by atoms with E-state index in [0.29, 0.717) is 10.5 Å². The lowest BCUT2D eigenvalue weighted by atomic mass is 10.0. The van der Waals surface area contributed by atoms with Gasteiger partial charge in [0.2, 0.25) is 0 Å². The molecule has 1 aliphatic rings. The lowest BCUT2D eigenvalue weighted by molar-refractivity contribution is 0.383. The van der Waals surface area contributed by atoms with Crippen molar-refractivity contribution in [1.29, 1.82) is 0 Å². The molecule has 1 aromatic carbocycles. The van der Waals surface area contributed by atoms with Gasteiger partial charge in [0, 0.05) is 6.04 Å². The highest BCUT2D eigenvalue weighted by Gasteiger charge is 2.16. The molecule has 1 unspecified atom stereocenters. The minimum atomic E-state index is -0.301. The van der Waals surface area contributed by atoms with E-state index >= 15 is 0 Å². The van der Waals surface area contributed by atoms with Gasteiger partial charge in [-0.3, -0.25) is 0 Å². The van der Waals surface area contributed by atoms with Crippen molar-refractivity contribution >= 4 is 15.9 Å². The molecule has 0 spiro atoms. The number of ether oxygens (including phenoxy) is 1. The molecule has 16 heavy (non-hydrogen) atoms. The maximum absolute atomic E-state index is 13.6. The molecule has 0 aliphatic carbocycles. The van der Waals surface area contributed by atoms with Crippen molar-refractivity contribution in [3.8, 4) is 5.75 Å². The molecule has 0 saturated carbocycles. The highest BCUT2D eigenvalue weighted by Crippen LogP contribution is 2.30. The Bertz CT molecular complexity index is 354. The van der Waals surface area contributed by atoms with Crippen molar-refractivity contribution in [2.24, 2.45) is 0 Å². The van der Waals surface area contributed by atoms with Crippen molar-refractivity contribution in [3.05, 3.63) is 28.0 Å². The lowest BCUT2D eigenvalue weighted by Crippen LogP contribution is -2.23. The molecule has 4 heteroatoms. The number of methoxy groups -OCH3 is 1. The Hall–Kier alpha value is -0.610. The molecule has 2 nitrogen and oxygen atoms in total. The van der Waals surface area contributed by atoms with Crippen LogP contribution in [0.5, 0.6) is 5.75 Å². The van der Waals surface area contributed by atoms with E-state index in [1.54, 1.807) is 6.07 Å². The van der Waals surface area contributed by atoms with Gasteiger partial charge in [-0.1, -0.05) is 0 Å². The summed E-state index contributed by atoms with van der Waals surface area (Å²) in [6.07, 6.45) is 3.26. The summed E-state index contributed by atoms with van der Waals surface area (Å²) in [6.45, 7) is 1.07. The molecule has 1 saturated heterocycles. The summed E-state index contributed by atoms with van der Waals surface area (Å²) in [5.74, 6) is -0.0204. The van der Waals surface area contributed by atoms with E-state index in [-0.39, 0.29) is 11.6 Å². The van der Waals surface area contributed by atoms with Crippen LogP contribution < -0.4 is 10.1 Å². The maximum Gasteiger partial charge on any atom is 0.168 e. The lowest BCUT2D eigenvalue weighted by Gasteiger charge is -2.12. The second kappa shape index (κ2) is 5.15. The summed E-state index contributed by atoms with van der Waals surface area (Å²) in [4.78, 5) is 0. The summed E-state index contributed by atoms with van der Waals surface area (Å²) in [7, 11) is 1.47. The van der Waals surface area contributed by atoms with Crippen LogP contribution in [-0.4, -0.2) is 19.7 Å². The average molecular weight is 288 g/mol. The monoisotopic (exact) mass is 287 g/mol. The average Bonchev–Trinajstić information content (AvgIpc) is 2.70. The predicted octanol–water partition coefficient (Wildman–Crippen LogP) is 2.89. The van der Waals surface area contributed by atoms with Crippen LogP contribution in [-0.2, 0) is 6.42 Å². The van der Waals surface area contributed by atoms with E-state index < -0.39 is 0 Å². The van der Waals surface area contributed by atoms with Gasteiger partial charge in [-0.05, 0) is 59.4 Å². The van der Waals surface area contributed by atoms with Crippen molar-refractivity contribution < 1.29 is 9.13 Å². The Morgan fingerprint density at radius 3 is 2.94 bits per heavy atom. The first-order valence-corrected chi connectivity index (χ1v) is 6.25. The third-order valence-electron chi connectivity index (χ3n) is 2.91. The first-order valence-electron chi connectivity index (χ1n) is 5.46. The predicted molar refractivity (Wildman–Crippen MR) is 65.4 cm³/mol. The molecule has 0 aromatic heterocycles. The van der Waals surface area contributed by atoms with Gasteiger partial charge < -0.3 is 10.1 Å². The number of rotatable bonds is 3. The van der Waals surface area contributed by atoms with Gasteiger partial charge in [0.15, 0.2) is 11.6 Å². The second-order valence-corrected chi connectivity index (χ2v) is 4.94. The summed E-state index contributed by atoms with van der Waals surface area (Å²) in [5, 5.41) is 3.40. The zero-order valence-electron chi connectivity index (χ0n) is 9.22. The smallest absolute Gasteiger partial charge is 0.168 e. The molecular formula is C12H15BrFNO. The molecule has 1 aromatic rings. The van der Waals surface area contributed by atoms with E-state index in [1.165, 1.54) is 20.0 Å². The molecule has 0 radical (unpaired) electrons. The zero-order valence-corrected chi connectivity index (χ0v) is 10.8. The fourth-order valence-corrected chi connectivity index (χ4v) is 2.79. The van der Waals surface area contributed by atoms with Crippen LogP contribution in [0, 0.1) is 5.82 Å².